The van der Waals surface area contributed by atoms with Gasteiger partial charge in [0.2, 0.25) is 0 Å². The van der Waals surface area contributed by atoms with Gasteiger partial charge in [0, 0.05) is 5.16 Å². The van der Waals surface area contributed by atoms with Gasteiger partial charge in [0.1, 0.15) is 6.21 Å². The van der Waals surface area contributed by atoms with Crippen molar-refractivity contribution in [3.8, 4) is 0 Å². The number of hydrogen-bond acceptors (Lipinski definition) is 1. The predicted molar refractivity (Wildman–Crippen MR) is 144 cm³/mol. The first-order chi connectivity index (χ1) is 15.2. The van der Waals surface area contributed by atoms with E-state index in [4.69, 9.17) is 5.21 Å². The fourth-order valence-corrected chi connectivity index (χ4v) is 3.65. The van der Waals surface area contributed by atoms with Gasteiger partial charge in [0.05, 0.1) is 0 Å². The summed E-state index contributed by atoms with van der Waals surface area (Å²) in [5.41, 5.74) is 7.91. The van der Waals surface area contributed by atoms with Crippen LogP contribution in [-0.2, 0) is 0 Å². The second kappa shape index (κ2) is 14.2. The maximum Gasteiger partial charge on any atom is 0.120 e. The molecule has 0 aromatic carbocycles. The minimum absolute atomic E-state index is 0.288. The molecule has 0 saturated heterocycles. The summed E-state index contributed by atoms with van der Waals surface area (Å²) in [6.07, 6.45) is 30.5. The van der Waals surface area contributed by atoms with E-state index in [1.807, 2.05) is 31.2 Å². The number of allylic oxidation sites excluding steroid dienone is 18. The first-order valence-electron chi connectivity index (χ1n) is 11.5. The smallest absolute Gasteiger partial charge is 0.120 e. The Kier molecular flexibility index (Phi) is 12.1. The van der Waals surface area contributed by atoms with Crippen molar-refractivity contribution in [2.45, 2.75) is 67.7 Å². The molecule has 0 heterocycles. The topological polar surface area (TPSA) is 35.3 Å². The first-order valence-corrected chi connectivity index (χ1v) is 11.5. The van der Waals surface area contributed by atoms with Crippen LogP contribution in [0.15, 0.2) is 112 Å². The Hall–Kier alpha value is -2.87. The van der Waals surface area contributed by atoms with E-state index in [0.717, 1.165) is 11.1 Å². The van der Waals surface area contributed by atoms with E-state index in [1.165, 1.54) is 47.8 Å². The molecule has 32 heavy (non-hydrogen) atoms. The van der Waals surface area contributed by atoms with Crippen LogP contribution < -0.4 is 0 Å². The highest BCUT2D eigenvalue weighted by atomic mass is 16.4. The second-order valence-corrected chi connectivity index (χ2v) is 9.27. The summed E-state index contributed by atoms with van der Waals surface area (Å²) in [6.45, 7) is 15.2. The first kappa shape index (κ1) is 27.2. The number of nitrogens with zero attached hydrogens (tertiary/aromatic N) is 1. The number of rotatable bonds is 9. The van der Waals surface area contributed by atoms with Gasteiger partial charge >= 0.3 is 0 Å². The minimum atomic E-state index is 0.288. The summed E-state index contributed by atoms with van der Waals surface area (Å²) < 4.78 is 0. The van der Waals surface area contributed by atoms with Gasteiger partial charge in [-0.2, -0.15) is 0 Å². The maximum absolute atomic E-state index is 6.81. The molecule has 1 aliphatic carbocycles. The van der Waals surface area contributed by atoms with Crippen molar-refractivity contribution in [2.75, 3.05) is 0 Å². The normalized spacial score (nSPS) is 19.7. The fourth-order valence-electron chi connectivity index (χ4n) is 3.65. The van der Waals surface area contributed by atoms with Crippen molar-refractivity contribution in [1.82, 2.24) is 0 Å². The van der Waals surface area contributed by atoms with Crippen molar-refractivity contribution >= 4 is 6.21 Å². The van der Waals surface area contributed by atoms with E-state index in [1.54, 1.807) is 0 Å². The largest absolute Gasteiger partial charge is 0.469 e. The molecule has 1 rings (SSSR count). The summed E-state index contributed by atoms with van der Waals surface area (Å²) in [4.78, 5) is 0. The molecular formula is C30H42NO+. The monoisotopic (exact) mass is 432 g/mol. The SMILES string of the molecule is CC1=C(/C=C/C(C)=C/C=C/C(C)=C/C=C/C=C(C)/C=C/C=C(C)/C=N\[OH2+])C(C)(C)CCC1. The van der Waals surface area contributed by atoms with Gasteiger partial charge in [-0.1, -0.05) is 109 Å². The molecule has 0 fully saturated rings. The van der Waals surface area contributed by atoms with Gasteiger partial charge < -0.3 is 5.21 Å². The molecule has 0 amide bonds. The predicted octanol–water partition coefficient (Wildman–Crippen LogP) is 8.23. The van der Waals surface area contributed by atoms with Crippen LogP contribution in [0.3, 0.4) is 0 Å². The Bertz CT molecular complexity index is 922. The van der Waals surface area contributed by atoms with Crippen LogP contribution in [0.25, 0.3) is 0 Å². The van der Waals surface area contributed by atoms with Crippen LogP contribution in [-0.4, -0.2) is 11.4 Å². The molecule has 0 unspecified atom stereocenters. The Morgan fingerprint density at radius 3 is 1.81 bits per heavy atom. The molecule has 0 atom stereocenters. The van der Waals surface area contributed by atoms with Crippen molar-refractivity contribution < 1.29 is 5.21 Å². The zero-order chi connectivity index (χ0) is 24.0. The quantitative estimate of drug-likeness (QED) is 0.152. The van der Waals surface area contributed by atoms with Crippen molar-refractivity contribution in [2.24, 2.45) is 10.6 Å². The zero-order valence-electron chi connectivity index (χ0n) is 21.1. The fraction of sp³-hybridized carbons (Fsp3) is 0.367. The molecule has 172 valence electrons. The highest BCUT2D eigenvalue weighted by molar-refractivity contribution is 5.77. The van der Waals surface area contributed by atoms with Crippen LogP contribution in [0.1, 0.15) is 67.7 Å². The second-order valence-electron chi connectivity index (χ2n) is 9.27. The number of hydrogen-bond donors (Lipinski definition) is 0. The summed E-state index contributed by atoms with van der Waals surface area (Å²) in [5.74, 6) is 0. The molecule has 2 heteroatoms. The van der Waals surface area contributed by atoms with Gasteiger partial charge in [0.15, 0.2) is 0 Å². The molecule has 0 aromatic heterocycles. The molecule has 0 aliphatic heterocycles. The molecule has 0 bridgehead atoms. The van der Waals surface area contributed by atoms with Crippen LogP contribution in [0, 0.1) is 5.41 Å². The minimum Gasteiger partial charge on any atom is -0.469 e. The van der Waals surface area contributed by atoms with Crippen LogP contribution in [0.5, 0.6) is 0 Å². The third-order valence-electron chi connectivity index (χ3n) is 5.59. The molecular weight excluding hydrogens is 390 g/mol. The summed E-state index contributed by atoms with van der Waals surface area (Å²) >= 11 is 0. The Morgan fingerprint density at radius 2 is 1.28 bits per heavy atom. The van der Waals surface area contributed by atoms with Crippen molar-refractivity contribution in [3.05, 3.63) is 106 Å². The highest BCUT2D eigenvalue weighted by Crippen LogP contribution is 2.40. The average molecular weight is 433 g/mol. The Balaban J connectivity index is 2.64. The maximum atomic E-state index is 6.81. The molecule has 0 radical (unpaired) electrons. The highest BCUT2D eigenvalue weighted by Gasteiger charge is 2.26. The molecule has 0 aromatic rings. The van der Waals surface area contributed by atoms with Crippen molar-refractivity contribution in [1.29, 1.82) is 0 Å². The van der Waals surface area contributed by atoms with Gasteiger partial charge in [0.25, 0.3) is 0 Å². The lowest BCUT2D eigenvalue weighted by Gasteiger charge is -2.32. The van der Waals surface area contributed by atoms with E-state index in [-0.39, 0.29) is 5.41 Å². The van der Waals surface area contributed by atoms with Gasteiger partial charge in [-0.3, -0.25) is 0 Å². The van der Waals surface area contributed by atoms with Gasteiger partial charge in [-0.15, -0.1) is 0 Å². The molecule has 0 saturated carbocycles. The van der Waals surface area contributed by atoms with Crippen LogP contribution in [0.2, 0.25) is 0 Å². The summed E-state index contributed by atoms with van der Waals surface area (Å²) in [5, 5.41) is 10.1. The van der Waals surface area contributed by atoms with E-state index in [9.17, 15) is 0 Å². The molecule has 0 spiro atoms. The third-order valence-corrected chi connectivity index (χ3v) is 5.59. The summed E-state index contributed by atoms with van der Waals surface area (Å²) in [7, 11) is 0. The lowest BCUT2D eigenvalue weighted by Crippen LogP contribution is -2.19. The van der Waals surface area contributed by atoms with Gasteiger partial charge in [-0.05, 0) is 70.4 Å². The molecule has 1 aliphatic rings. The van der Waals surface area contributed by atoms with Crippen LogP contribution in [0.4, 0.5) is 0 Å². The van der Waals surface area contributed by atoms with E-state index in [0.29, 0.717) is 0 Å². The molecule has 2 nitrogen and oxygen atoms in total. The van der Waals surface area contributed by atoms with Crippen LogP contribution >= 0.6 is 0 Å². The standard InChI is InChI=1S/C30H41NO/c1-24(13-8-9-14-25(2)16-11-18-27(4)23-31-32)15-10-17-26(3)20-21-29-28(5)19-12-22-30(29,6)7/h8-11,13-18,20-21,23,32H,12,19,22H2,1-7H3/p+1/b9-8+,15-10+,16-11+,21-20+,24-13+,25-14+,26-17+,27-18+,31-23-. The lowest BCUT2D eigenvalue weighted by molar-refractivity contribution is 0.321. The Labute approximate surface area is 196 Å². The van der Waals surface area contributed by atoms with E-state index in [2.05, 4.69) is 95.3 Å². The molecule has 2 N–H and O–H groups in total. The average Bonchev–Trinajstić information content (AvgIpc) is 2.70. The lowest BCUT2D eigenvalue weighted by atomic mass is 9.72. The van der Waals surface area contributed by atoms with E-state index >= 15 is 0 Å². The third kappa shape index (κ3) is 10.9. The van der Waals surface area contributed by atoms with Crippen molar-refractivity contribution in [3.63, 3.8) is 0 Å². The zero-order valence-corrected chi connectivity index (χ0v) is 21.1. The summed E-state index contributed by atoms with van der Waals surface area (Å²) in [6, 6.07) is 0. The van der Waals surface area contributed by atoms with Gasteiger partial charge in [-0.25, -0.2) is 0 Å². The Morgan fingerprint density at radius 1 is 0.781 bits per heavy atom. The van der Waals surface area contributed by atoms with E-state index < -0.39 is 0 Å².